The monoisotopic (exact) mass is 451 g/mol. The molecule has 1 amide bonds. The number of anilines is 2. The van der Waals surface area contributed by atoms with Gasteiger partial charge < -0.3 is 30.1 Å². The summed E-state index contributed by atoms with van der Waals surface area (Å²) in [6.45, 7) is 2.33. The highest BCUT2D eigenvalue weighted by Crippen LogP contribution is 2.34. The third kappa shape index (κ3) is 4.93. The molecule has 33 heavy (non-hydrogen) atoms. The Bertz CT molecular complexity index is 1120. The quantitative estimate of drug-likeness (QED) is 0.563. The van der Waals surface area contributed by atoms with Crippen molar-refractivity contribution >= 4 is 28.6 Å². The molecule has 2 aromatic carbocycles. The number of nitrogen functional groups attached to an aromatic ring is 1. The number of rotatable bonds is 7. The number of fused-ring (bicyclic) bond motifs is 1. The van der Waals surface area contributed by atoms with Crippen LogP contribution in [0.1, 0.15) is 24.5 Å². The molecule has 0 saturated carbocycles. The van der Waals surface area contributed by atoms with Gasteiger partial charge in [-0.1, -0.05) is 30.3 Å². The molecule has 1 aliphatic rings. The number of aliphatic hydroxyl groups excluding tert-OH is 1. The number of carbonyl (C=O) groups is 1. The highest BCUT2D eigenvalue weighted by atomic mass is 16.5. The molecule has 3 N–H and O–H groups in total. The van der Waals surface area contributed by atoms with Crippen LogP contribution in [0.4, 0.5) is 11.8 Å². The first kappa shape index (κ1) is 22.6. The number of piperazine rings is 1. The zero-order valence-corrected chi connectivity index (χ0v) is 18.9. The second kappa shape index (κ2) is 9.91. The summed E-state index contributed by atoms with van der Waals surface area (Å²) in [5, 5.41) is 11.0. The van der Waals surface area contributed by atoms with Gasteiger partial charge in [0.05, 0.1) is 25.8 Å². The molecule has 1 atom stereocenters. The van der Waals surface area contributed by atoms with Gasteiger partial charge in [0.2, 0.25) is 11.9 Å². The molecule has 9 heteroatoms. The summed E-state index contributed by atoms with van der Waals surface area (Å²) in [5.41, 5.74) is 7.71. The third-order valence-electron chi connectivity index (χ3n) is 5.95. The van der Waals surface area contributed by atoms with E-state index < -0.39 is 6.10 Å². The molecule has 0 spiro atoms. The van der Waals surface area contributed by atoms with Crippen molar-refractivity contribution in [2.24, 2.45) is 0 Å². The van der Waals surface area contributed by atoms with Gasteiger partial charge in [0.25, 0.3) is 0 Å². The molecule has 3 aromatic rings. The van der Waals surface area contributed by atoms with Gasteiger partial charge in [-0.2, -0.15) is 4.98 Å². The zero-order chi connectivity index (χ0) is 23.4. The lowest BCUT2D eigenvalue weighted by atomic mass is 10.0. The van der Waals surface area contributed by atoms with Gasteiger partial charge in [0.1, 0.15) is 5.82 Å². The summed E-state index contributed by atoms with van der Waals surface area (Å²) in [7, 11) is 3.14. The first-order chi connectivity index (χ1) is 16.0. The van der Waals surface area contributed by atoms with E-state index in [4.69, 9.17) is 15.2 Å². The number of nitrogens with zero attached hydrogens (tertiary/aromatic N) is 4. The average Bonchev–Trinajstić information content (AvgIpc) is 2.86. The van der Waals surface area contributed by atoms with Crippen LogP contribution in [0.3, 0.4) is 0 Å². The van der Waals surface area contributed by atoms with E-state index in [1.165, 1.54) is 0 Å². The number of aromatic nitrogens is 2. The summed E-state index contributed by atoms with van der Waals surface area (Å²) < 4.78 is 10.7. The van der Waals surface area contributed by atoms with Crippen molar-refractivity contribution in [3.05, 3.63) is 48.0 Å². The Balaban J connectivity index is 1.38. The first-order valence-corrected chi connectivity index (χ1v) is 10.9. The Labute approximate surface area is 192 Å². The van der Waals surface area contributed by atoms with Crippen molar-refractivity contribution in [3.8, 4) is 11.5 Å². The maximum absolute atomic E-state index is 12.7. The molecule has 1 unspecified atom stereocenters. The fraction of sp³-hybridized carbons (Fsp3) is 0.375. The van der Waals surface area contributed by atoms with E-state index in [9.17, 15) is 9.90 Å². The molecule has 2 heterocycles. The minimum absolute atomic E-state index is 0.0420. The summed E-state index contributed by atoms with van der Waals surface area (Å²) in [5.74, 6) is 2.07. The predicted molar refractivity (Wildman–Crippen MR) is 126 cm³/mol. The van der Waals surface area contributed by atoms with E-state index >= 15 is 0 Å². The predicted octanol–water partition coefficient (Wildman–Crippen LogP) is 2.39. The summed E-state index contributed by atoms with van der Waals surface area (Å²) in [6.07, 6.45) is 0.0662. The molecule has 0 radical (unpaired) electrons. The fourth-order valence-corrected chi connectivity index (χ4v) is 4.02. The lowest BCUT2D eigenvalue weighted by Crippen LogP contribution is -2.49. The number of carbonyl (C=O) groups excluding carboxylic acids is 1. The van der Waals surface area contributed by atoms with Gasteiger partial charge in [0.15, 0.2) is 11.5 Å². The Morgan fingerprint density at radius 2 is 1.73 bits per heavy atom. The zero-order valence-electron chi connectivity index (χ0n) is 18.9. The van der Waals surface area contributed by atoms with Crippen LogP contribution in [-0.4, -0.2) is 66.3 Å². The second-order valence-corrected chi connectivity index (χ2v) is 7.97. The molecule has 1 aliphatic heterocycles. The smallest absolute Gasteiger partial charge is 0.228 e. The number of methoxy groups -OCH3 is 2. The minimum Gasteiger partial charge on any atom is -0.493 e. The number of benzene rings is 2. The van der Waals surface area contributed by atoms with Gasteiger partial charge >= 0.3 is 0 Å². The van der Waals surface area contributed by atoms with Crippen LogP contribution in [0.5, 0.6) is 11.5 Å². The Morgan fingerprint density at radius 1 is 1.06 bits per heavy atom. The second-order valence-electron chi connectivity index (χ2n) is 7.97. The normalized spacial score (nSPS) is 14.9. The van der Waals surface area contributed by atoms with Crippen LogP contribution in [-0.2, 0) is 4.79 Å². The van der Waals surface area contributed by atoms with Crippen molar-refractivity contribution in [1.82, 2.24) is 14.9 Å². The number of hydrogen-bond donors (Lipinski definition) is 2. The van der Waals surface area contributed by atoms with E-state index in [1.807, 2.05) is 40.1 Å². The van der Waals surface area contributed by atoms with E-state index in [-0.39, 0.29) is 5.91 Å². The standard InChI is InChI=1S/C24H29N5O4/c1-32-20-14-17-18(15-21(20)33-2)26-24(27-23(17)25)29-12-10-28(11-13-29)22(31)9-8-19(30)16-6-4-3-5-7-16/h3-7,14-15,19,30H,8-13H2,1-2H3,(H2,25,26,27). The molecule has 0 aliphatic carbocycles. The minimum atomic E-state index is -0.638. The molecule has 174 valence electrons. The molecular weight excluding hydrogens is 422 g/mol. The van der Waals surface area contributed by atoms with E-state index in [1.54, 1.807) is 26.4 Å². The number of hydrogen-bond acceptors (Lipinski definition) is 8. The van der Waals surface area contributed by atoms with Gasteiger partial charge in [-0.15, -0.1) is 0 Å². The van der Waals surface area contributed by atoms with Crippen LogP contribution < -0.4 is 20.1 Å². The van der Waals surface area contributed by atoms with Crippen LogP contribution in [0.25, 0.3) is 10.9 Å². The highest BCUT2D eigenvalue weighted by Gasteiger charge is 2.24. The van der Waals surface area contributed by atoms with Crippen molar-refractivity contribution in [2.75, 3.05) is 51.0 Å². The van der Waals surface area contributed by atoms with Crippen LogP contribution in [0.15, 0.2) is 42.5 Å². The van der Waals surface area contributed by atoms with Gasteiger partial charge in [-0.05, 0) is 18.1 Å². The lowest BCUT2D eigenvalue weighted by Gasteiger charge is -2.35. The van der Waals surface area contributed by atoms with Gasteiger partial charge in [-0.25, -0.2) is 4.98 Å². The highest BCUT2D eigenvalue weighted by molar-refractivity contribution is 5.91. The molecular formula is C24H29N5O4. The van der Waals surface area contributed by atoms with Crippen molar-refractivity contribution in [1.29, 1.82) is 0 Å². The molecule has 4 rings (SSSR count). The molecule has 1 aromatic heterocycles. The van der Waals surface area contributed by atoms with E-state index in [0.29, 0.717) is 73.2 Å². The lowest BCUT2D eigenvalue weighted by molar-refractivity contribution is -0.132. The molecule has 1 fully saturated rings. The summed E-state index contributed by atoms with van der Waals surface area (Å²) in [6, 6.07) is 13.0. The largest absolute Gasteiger partial charge is 0.493 e. The molecule has 1 saturated heterocycles. The average molecular weight is 452 g/mol. The Morgan fingerprint density at radius 3 is 2.39 bits per heavy atom. The van der Waals surface area contributed by atoms with Crippen LogP contribution in [0, 0.1) is 0 Å². The first-order valence-electron chi connectivity index (χ1n) is 10.9. The van der Waals surface area contributed by atoms with Crippen LogP contribution >= 0.6 is 0 Å². The number of amides is 1. The van der Waals surface area contributed by atoms with Crippen molar-refractivity contribution < 1.29 is 19.4 Å². The van der Waals surface area contributed by atoms with Gasteiger partial charge in [0, 0.05) is 44.1 Å². The Kier molecular flexibility index (Phi) is 6.79. The maximum atomic E-state index is 12.7. The van der Waals surface area contributed by atoms with E-state index in [0.717, 1.165) is 5.56 Å². The van der Waals surface area contributed by atoms with E-state index in [2.05, 4.69) is 9.97 Å². The van der Waals surface area contributed by atoms with Gasteiger partial charge in [-0.3, -0.25) is 4.79 Å². The summed E-state index contributed by atoms with van der Waals surface area (Å²) in [4.78, 5) is 25.7. The van der Waals surface area contributed by atoms with Crippen molar-refractivity contribution in [2.45, 2.75) is 18.9 Å². The molecule has 9 nitrogen and oxygen atoms in total. The summed E-state index contributed by atoms with van der Waals surface area (Å²) >= 11 is 0. The van der Waals surface area contributed by atoms with Crippen LogP contribution in [0.2, 0.25) is 0 Å². The number of nitrogens with two attached hydrogens (primary N) is 1. The SMILES string of the molecule is COc1cc2nc(N3CCN(C(=O)CCC(O)c4ccccc4)CC3)nc(N)c2cc1OC. The third-order valence-corrected chi connectivity index (χ3v) is 5.95. The molecule has 0 bridgehead atoms. The Hall–Kier alpha value is -3.59. The fourth-order valence-electron chi connectivity index (χ4n) is 4.02. The van der Waals surface area contributed by atoms with Crippen molar-refractivity contribution in [3.63, 3.8) is 0 Å². The number of ether oxygens (including phenoxy) is 2. The number of aliphatic hydroxyl groups is 1. The topological polar surface area (TPSA) is 114 Å². The maximum Gasteiger partial charge on any atom is 0.228 e.